The topological polar surface area (TPSA) is 82.9 Å². The summed E-state index contributed by atoms with van der Waals surface area (Å²) in [6.07, 6.45) is 2.99. The zero-order valence-corrected chi connectivity index (χ0v) is 19.0. The zero-order chi connectivity index (χ0) is 23.8. The van der Waals surface area contributed by atoms with Gasteiger partial charge in [0, 0.05) is 19.6 Å². The van der Waals surface area contributed by atoms with Gasteiger partial charge in [-0.2, -0.15) is 0 Å². The van der Waals surface area contributed by atoms with Crippen LogP contribution < -0.4 is 10.7 Å². The third-order valence-corrected chi connectivity index (χ3v) is 5.22. The molecule has 0 unspecified atom stereocenters. The SMILES string of the molecule is C=CCN(CC(=O)N(Cc1ccccc1)Cc1coc2ccc(C)cc2c1=O)C(=O)NCC. The first-order valence-electron chi connectivity index (χ1n) is 10.9. The molecule has 0 atom stereocenters. The maximum absolute atomic E-state index is 13.3. The molecule has 0 saturated carbocycles. The van der Waals surface area contributed by atoms with E-state index in [-0.39, 0.29) is 37.0 Å². The van der Waals surface area contributed by atoms with E-state index >= 15 is 0 Å². The molecule has 3 aromatic rings. The summed E-state index contributed by atoms with van der Waals surface area (Å²) >= 11 is 0. The molecule has 3 rings (SSSR count). The van der Waals surface area contributed by atoms with Crippen LogP contribution in [0.25, 0.3) is 11.0 Å². The summed E-state index contributed by atoms with van der Waals surface area (Å²) in [6, 6.07) is 14.6. The molecule has 0 bridgehead atoms. The van der Waals surface area contributed by atoms with E-state index in [1.807, 2.05) is 50.2 Å². The van der Waals surface area contributed by atoms with Crippen molar-refractivity contribution in [3.63, 3.8) is 0 Å². The summed E-state index contributed by atoms with van der Waals surface area (Å²) in [5.41, 5.74) is 2.58. The molecule has 1 aromatic heterocycles. The van der Waals surface area contributed by atoms with E-state index in [1.165, 1.54) is 11.2 Å². The molecule has 0 spiro atoms. The maximum Gasteiger partial charge on any atom is 0.318 e. The smallest absolute Gasteiger partial charge is 0.318 e. The number of hydrogen-bond acceptors (Lipinski definition) is 4. The molecule has 33 heavy (non-hydrogen) atoms. The second-order valence-electron chi connectivity index (χ2n) is 7.83. The molecule has 7 nitrogen and oxygen atoms in total. The first kappa shape index (κ1) is 23.8. The van der Waals surface area contributed by atoms with Crippen molar-refractivity contribution in [2.24, 2.45) is 0 Å². The monoisotopic (exact) mass is 447 g/mol. The van der Waals surface area contributed by atoms with Crippen molar-refractivity contribution >= 4 is 22.9 Å². The number of nitrogens with zero attached hydrogens (tertiary/aromatic N) is 2. The largest absolute Gasteiger partial charge is 0.464 e. The number of urea groups is 1. The lowest BCUT2D eigenvalue weighted by atomic mass is 10.1. The van der Waals surface area contributed by atoms with Crippen LogP contribution in [0.4, 0.5) is 4.79 Å². The van der Waals surface area contributed by atoms with Crippen LogP contribution in [0.5, 0.6) is 0 Å². The Morgan fingerprint density at radius 2 is 1.85 bits per heavy atom. The van der Waals surface area contributed by atoms with Crippen molar-refractivity contribution in [1.29, 1.82) is 0 Å². The Hall–Kier alpha value is -3.87. The second-order valence-corrected chi connectivity index (χ2v) is 7.83. The molecule has 172 valence electrons. The molecule has 1 N–H and O–H groups in total. The normalized spacial score (nSPS) is 10.6. The Labute approximate surface area is 193 Å². The highest BCUT2D eigenvalue weighted by atomic mass is 16.3. The van der Waals surface area contributed by atoms with E-state index < -0.39 is 0 Å². The summed E-state index contributed by atoms with van der Waals surface area (Å²) in [4.78, 5) is 41.8. The van der Waals surface area contributed by atoms with E-state index in [2.05, 4.69) is 11.9 Å². The fourth-order valence-corrected chi connectivity index (χ4v) is 3.54. The number of benzene rings is 2. The van der Waals surface area contributed by atoms with Gasteiger partial charge in [-0.05, 0) is 31.5 Å². The number of carbonyl (C=O) groups is 2. The molecule has 3 amide bonds. The van der Waals surface area contributed by atoms with E-state index in [1.54, 1.807) is 23.1 Å². The molecule has 0 aliphatic heterocycles. The highest BCUT2D eigenvalue weighted by Gasteiger charge is 2.22. The predicted molar refractivity (Wildman–Crippen MR) is 129 cm³/mol. The molecular formula is C26H29N3O4. The summed E-state index contributed by atoms with van der Waals surface area (Å²) in [5.74, 6) is -0.282. The Kier molecular flexibility index (Phi) is 8.02. The van der Waals surface area contributed by atoms with Crippen molar-refractivity contribution in [3.05, 3.63) is 94.4 Å². The quantitative estimate of drug-likeness (QED) is 0.505. The van der Waals surface area contributed by atoms with Crippen molar-refractivity contribution in [1.82, 2.24) is 15.1 Å². The molecule has 7 heteroatoms. The van der Waals surface area contributed by atoms with Gasteiger partial charge in [-0.3, -0.25) is 9.59 Å². The van der Waals surface area contributed by atoms with Crippen molar-refractivity contribution in [2.45, 2.75) is 26.9 Å². The highest BCUT2D eigenvalue weighted by Crippen LogP contribution is 2.16. The zero-order valence-electron chi connectivity index (χ0n) is 19.0. The fraction of sp³-hybridized carbons (Fsp3) is 0.269. The van der Waals surface area contributed by atoms with Crippen LogP contribution in [0.2, 0.25) is 0 Å². The fourth-order valence-electron chi connectivity index (χ4n) is 3.54. The van der Waals surface area contributed by atoms with Crippen molar-refractivity contribution in [2.75, 3.05) is 19.6 Å². The Balaban J connectivity index is 1.91. The van der Waals surface area contributed by atoms with Crippen LogP contribution in [0.3, 0.4) is 0 Å². The average Bonchev–Trinajstić information content (AvgIpc) is 2.81. The van der Waals surface area contributed by atoms with E-state index in [9.17, 15) is 14.4 Å². The Bertz CT molecular complexity index is 1190. The van der Waals surface area contributed by atoms with Crippen LogP contribution >= 0.6 is 0 Å². The van der Waals surface area contributed by atoms with Gasteiger partial charge in [0.2, 0.25) is 5.91 Å². The number of hydrogen-bond donors (Lipinski definition) is 1. The minimum atomic E-state index is -0.342. The first-order chi connectivity index (χ1) is 15.9. The first-order valence-corrected chi connectivity index (χ1v) is 10.9. The number of amides is 3. The third kappa shape index (κ3) is 6.10. The lowest BCUT2D eigenvalue weighted by molar-refractivity contribution is -0.133. The molecule has 1 heterocycles. The predicted octanol–water partition coefficient (Wildman–Crippen LogP) is 3.85. The summed E-state index contributed by atoms with van der Waals surface area (Å²) in [5, 5.41) is 3.19. The van der Waals surface area contributed by atoms with Gasteiger partial charge in [0.15, 0.2) is 5.43 Å². The highest BCUT2D eigenvalue weighted by molar-refractivity contribution is 5.84. The molecular weight excluding hydrogens is 418 g/mol. The number of fused-ring (bicyclic) bond motifs is 1. The van der Waals surface area contributed by atoms with Gasteiger partial charge in [0.1, 0.15) is 12.1 Å². The lowest BCUT2D eigenvalue weighted by Gasteiger charge is -2.27. The van der Waals surface area contributed by atoms with Crippen molar-refractivity contribution < 1.29 is 14.0 Å². The molecule has 0 fully saturated rings. The van der Waals surface area contributed by atoms with E-state index in [0.717, 1.165) is 11.1 Å². The minimum absolute atomic E-state index is 0.0667. The minimum Gasteiger partial charge on any atom is -0.464 e. The number of rotatable bonds is 9. The average molecular weight is 448 g/mol. The summed E-state index contributed by atoms with van der Waals surface area (Å²) < 4.78 is 5.67. The van der Waals surface area contributed by atoms with E-state index in [0.29, 0.717) is 29.6 Å². The van der Waals surface area contributed by atoms with Crippen molar-refractivity contribution in [3.8, 4) is 0 Å². The van der Waals surface area contributed by atoms with Crippen LogP contribution in [0, 0.1) is 6.92 Å². The molecule has 0 aliphatic carbocycles. The number of aryl methyl sites for hydroxylation is 1. The number of carbonyl (C=O) groups excluding carboxylic acids is 2. The van der Waals surface area contributed by atoms with Gasteiger partial charge < -0.3 is 19.5 Å². The third-order valence-electron chi connectivity index (χ3n) is 5.22. The second kappa shape index (κ2) is 11.1. The molecule has 2 aromatic carbocycles. The summed E-state index contributed by atoms with van der Waals surface area (Å²) in [7, 11) is 0. The molecule has 0 aliphatic rings. The van der Waals surface area contributed by atoms with Gasteiger partial charge >= 0.3 is 6.03 Å². The van der Waals surface area contributed by atoms with Gasteiger partial charge in [0.05, 0.1) is 23.8 Å². The number of nitrogens with one attached hydrogen (secondary N) is 1. The molecule has 0 saturated heterocycles. The van der Waals surface area contributed by atoms with Crippen LogP contribution in [0.15, 0.2) is 76.7 Å². The van der Waals surface area contributed by atoms with Crippen LogP contribution in [0.1, 0.15) is 23.6 Å². The lowest BCUT2D eigenvalue weighted by Crippen LogP contribution is -2.46. The van der Waals surface area contributed by atoms with Crippen LogP contribution in [-0.2, 0) is 17.9 Å². The Morgan fingerprint density at radius 1 is 1.09 bits per heavy atom. The van der Waals surface area contributed by atoms with Gasteiger partial charge in [0.25, 0.3) is 0 Å². The van der Waals surface area contributed by atoms with Gasteiger partial charge in [-0.25, -0.2) is 4.79 Å². The summed E-state index contributed by atoms with van der Waals surface area (Å²) in [6.45, 7) is 8.31. The standard InChI is InChI=1S/C26H29N3O4/c1-4-13-28(26(32)27-5-2)17-24(30)29(15-20-9-7-6-8-10-20)16-21-18-33-23-12-11-19(3)14-22(23)25(21)31/h4,6-12,14,18H,1,5,13,15-17H2,2-3H3,(H,27,32). The van der Waals surface area contributed by atoms with Gasteiger partial charge in [-0.1, -0.05) is 48.0 Å². The van der Waals surface area contributed by atoms with E-state index in [4.69, 9.17) is 4.42 Å². The van der Waals surface area contributed by atoms with Gasteiger partial charge in [-0.15, -0.1) is 6.58 Å². The molecule has 0 radical (unpaired) electrons. The Morgan fingerprint density at radius 3 is 2.55 bits per heavy atom. The van der Waals surface area contributed by atoms with Crippen LogP contribution in [-0.4, -0.2) is 41.4 Å². The maximum atomic E-state index is 13.3.